The molecule has 2 aromatic carbocycles. The minimum absolute atomic E-state index is 0.0153. The molecule has 2 aromatic rings. The molecule has 202 valence electrons. The minimum atomic E-state index is -3.62. The van der Waals surface area contributed by atoms with E-state index in [0.29, 0.717) is 30.9 Å². The smallest absolute Gasteiger partial charge is 0.251 e. The molecule has 2 N–H and O–H groups in total. The first kappa shape index (κ1) is 28.7. The fourth-order valence-corrected chi connectivity index (χ4v) is 5.38. The largest absolute Gasteiger partial charge is 0.494 e. The summed E-state index contributed by atoms with van der Waals surface area (Å²) in [5.41, 5.74) is -0.688. The molecule has 8 nitrogen and oxygen atoms in total. The molecule has 2 atom stereocenters. The molecule has 3 rings (SSSR count). The van der Waals surface area contributed by atoms with Gasteiger partial charge in [0.15, 0.2) is 15.4 Å². The molecule has 0 bridgehead atoms. The van der Waals surface area contributed by atoms with Gasteiger partial charge in [0.05, 0.1) is 17.3 Å². The van der Waals surface area contributed by atoms with Gasteiger partial charge in [-0.3, -0.25) is 4.79 Å². The van der Waals surface area contributed by atoms with Crippen molar-refractivity contribution in [1.82, 2.24) is 5.32 Å². The number of aliphatic hydroxyl groups is 1. The number of hydrogen-bond acceptors (Lipinski definition) is 7. The zero-order valence-electron chi connectivity index (χ0n) is 22.1. The van der Waals surface area contributed by atoms with Crippen molar-refractivity contribution in [2.24, 2.45) is 10.4 Å². The fraction of sp³-hybridized carbons (Fsp3) is 0.500. The number of rotatable bonds is 12. The molecular weight excluding hydrogens is 492 g/mol. The number of aliphatic imine (C=N–C) groups is 1. The van der Waals surface area contributed by atoms with Gasteiger partial charge in [0.2, 0.25) is 5.90 Å². The molecule has 1 aliphatic rings. The van der Waals surface area contributed by atoms with Gasteiger partial charge in [0, 0.05) is 25.1 Å². The Labute approximate surface area is 220 Å². The standard InChI is InChI=1S/C28H38N2O6S/c1-21-28(26(32)29-17-15-27(2,3)4,16-20-37(33,34)24-9-6-5-7-10-24)30-25(36-21)22-11-13-23(14-12-22)35-19-8-18-31/h5-7,9-14,21,31H,8,15-20H2,1-4H3,(H,29,32)/t21-,28-/m1/s1. The highest BCUT2D eigenvalue weighted by Gasteiger charge is 2.50. The van der Waals surface area contributed by atoms with E-state index in [1.807, 2.05) is 0 Å². The van der Waals surface area contributed by atoms with Crippen molar-refractivity contribution < 1.29 is 27.8 Å². The van der Waals surface area contributed by atoms with E-state index in [0.717, 1.165) is 6.42 Å². The van der Waals surface area contributed by atoms with Crippen LogP contribution in [-0.2, 0) is 19.4 Å². The van der Waals surface area contributed by atoms with Gasteiger partial charge in [0.1, 0.15) is 11.9 Å². The summed E-state index contributed by atoms with van der Waals surface area (Å²) in [6.07, 6.45) is 0.621. The normalized spacial score (nSPS) is 19.7. The van der Waals surface area contributed by atoms with Crippen LogP contribution < -0.4 is 10.1 Å². The van der Waals surface area contributed by atoms with Crippen LogP contribution in [0.15, 0.2) is 64.5 Å². The highest BCUT2D eigenvalue weighted by molar-refractivity contribution is 7.91. The van der Waals surface area contributed by atoms with Gasteiger partial charge in [-0.15, -0.1) is 0 Å². The number of carbonyl (C=O) groups excluding carboxylic acids is 1. The molecule has 0 aromatic heterocycles. The molecule has 1 amide bonds. The summed E-state index contributed by atoms with van der Waals surface area (Å²) in [4.78, 5) is 18.5. The van der Waals surface area contributed by atoms with E-state index in [4.69, 9.17) is 19.6 Å². The van der Waals surface area contributed by atoms with E-state index in [9.17, 15) is 13.2 Å². The summed E-state index contributed by atoms with van der Waals surface area (Å²) >= 11 is 0. The van der Waals surface area contributed by atoms with Crippen LogP contribution in [-0.4, -0.2) is 62.5 Å². The number of nitrogens with zero attached hydrogens (tertiary/aromatic N) is 1. The number of benzene rings is 2. The van der Waals surface area contributed by atoms with Crippen molar-refractivity contribution in [2.75, 3.05) is 25.5 Å². The van der Waals surface area contributed by atoms with Crippen LogP contribution in [0.2, 0.25) is 0 Å². The van der Waals surface area contributed by atoms with Crippen LogP contribution in [0.5, 0.6) is 5.75 Å². The van der Waals surface area contributed by atoms with Crippen LogP contribution in [0.25, 0.3) is 0 Å². The van der Waals surface area contributed by atoms with Crippen LogP contribution >= 0.6 is 0 Å². The lowest BCUT2D eigenvalue weighted by molar-refractivity contribution is -0.128. The first-order chi connectivity index (χ1) is 17.5. The second-order valence-electron chi connectivity index (χ2n) is 10.5. The summed E-state index contributed by atoms with van der Waals surface area (Å²) in [6, 6.07) is 15.3. The van der Waals surface area contributed by atoms with Crippen LogP contribution in [0.3, 0.4) is 0 Å². The highest BCUT2D eigenvalue weighted by Crippen LogP contribution is 2.34. The molecule has 0 fully saturated rings. The maximum Gasteiger partial charge on any atom is 0.251 e. The van der Waals surface area contributed by atoms with E-state index < -0.39 is 21.5 Å². The van der Waals surface area contributed by atoms with Gasteiger partial charge < -0.3 is 19.9 Å². The van der Waals surface area contributed by atoms with Crippen molar-refractivity contribution in [1.29, 1.82) is 0 Å². The maximum absolute atomic E-state index is 13.6. The third kappa shape index (κ3) is 7.55. The molecule has 0 saturated heterocycles. The zero-order valence-corrected chi connectivity index (χ0v) is 22.9. The average Bonchev–Trinajstić information content (AvgIpc) is 3.20. The lowest BCUT2D eigenvalue weighted by atomic mass is 9.89. The molecule has 0 spiro atoms. The van der Waals surface area contributed by atoms with Crippen molar-refractivity contribution in [3.63, 3.8) is 0 Å². The van der Waals surface area contributed by atoms with Crippen LogP contribution in [0.4, 0.5) is 0 Å². The number of carbonyl (C=O) groups is 1. The van der Waals surface area contributed by atoms with E-state index in [2.05, 4.69) is 26.1 Å². The van der Waals surface area contributed by atoms with Gasteiger partial charge >= 0.3 is 0 Å². The van der Waals surface area contributed by atoms with Gasteiger partial charge in [0.25, 0.3) is 5.91 Å². The predicted molar refractivity (Wildman–Crippen MR) is 144 cm³/mol. The molecule has 1 aliphatic heterocycles. The summed E-state index contributed by atoms with van der Waals surface area (Å²) in [5, 5.41) is 11.9. The zero-order chi connectivity index (χ0) is 27.1. The van der Waals surface area contributed by atoms with E-state index in [1.165, 1.54) is 0 Å². The summed E-state index contributed by atoms with van der Waals surface area (Å²) in [5.74, 6) is 0.346. The predicted octanol–water partition coefficient (Wildman–Crippen LogP) is 3.77. The van der Waals surface area contributed by atoms with Crippen LogP contribution in [0.1, 0.15) is 52.5 Å². The third-order valence-corrected chi connectivity index (χ3v) is 8.07. The number of nitrogens with one attached hydrogen (secondary N) is 1. The number of hydrogen-bond donors (Lipinski definition) is 2. The second-order valence-corrected chi connectivity index (χ2v) is 12.6. The number of amides is 1. The van der Waals surface area contributed by atoms with Crippen molar-refractivity contribution in [2.45, 2.75) is 63.5 Å². The Morgan fingerprint density at radius 2 is 1.81 bits per heavy atom. The molecule has 1 heterocycles. The quantitative estimate of drug-likeness (QED) is 0.404. The molecule has 37 heavy (non-hydrogen) atoms. The SMILES string of the molecule is C[C@H]1OC(c2ccc(OCCCO)cc2)=N[C@@]1(CCS(=O)(=O)c1ccccc1)C(=O)NCCC(C)(C)C. The summed E-state index contributed by atoms with van der Waals surface area (Å²) < 4.78 is 37.7. The lowest BCUT2D eigenvalue weighted by Gasteiger charge is -2.29. The fourth-order valence-electron chi connectivity index (χ4n) is 3.99. The Morgan fingerprint density at radius 1 is 1.14 bits per heavy atom. The Hall–Kier alpha value is -2.91. The van der Waals surface area contributed by atoms with Crippen LogP contribution in [0, 0.1) is 5.41 Å². The lowest BCUT2D eigenvalue weighted by Crippen LogP contribution is -2.52. The first-order valence-corrected chi connectivity index (χ1v) is 14.3. The average molecular weight is 531 g/mol. The second kappa shape index (κ2) is 12.1. The highest BCUT2D eigenvalue weighted by atomic mass is 32.2. The Morgan fingerprint density at radius 3 is 2.43 bits per heavy atom. The molecule has 9 heteroatoms. The van der Waals surface area contributed by atoms with Crippen molar-refractivity contribution in [3.05, 3.63) is 60.2 Å². The third-order valence-electron chi connectivity index (χ3n) is 6.34. The number of sulfone groups is 1. The van der Waals surface area contributed by atoms with E-state index >= 15 is 0 Å². The van der Waals surface area contributed by atoms with Gasteiger partial charge in [-0.1, -0.05) is 39.0 Å². The van der Waals surface area contributed by atoms with Crippen molar-refractivity contribution >= 4 is 21.6 Å². The monoisotopic (exact) mass is 530 g/mol. The van der Waals surface area contributed by atoms with E-state index in [-0.39, 0.29) is 40.9 Å². The van der Waals surface area contributed by atoms with E-state index in [1.54, 1.807) is 61.5 Å². The number of ether oxygens (including phenoxy) is 2. The maximum atomic E-state index is 13.6. The first-order valence-electron chi connectivity index (χ1n) is 12.6. The molecule has 0 radical (unpaired) electrons. The summed E-state index contributed by atoms with van der Waals surface area (Å²) in [6.45, 7) is 8.94. The Balaban J connectivity index is 1.86. The number of aliphatic hydroxyl groups excluding tert-OH is 1. The van der Waals surface area contributed by atoms with Gasteiger partial charge in [-0.05, 0) is 61.6 Å². The topological polar surface area (TPSA) is 114 Å². The molecular formula is C28H38N2O6S. The molecule has 0 unspecified atom stereocenters. The molecule has 0 saturated carbocycles. The van der Waals surface area contributed by atoms with Gasteiger partial charge in [-0.2, -0.15) is 0 Å². The van der Waals surface area contributed by atoms with Crippen molar-refractivity contribution in [3.8, 4) is 5.75 Å². The molecule has 0 aliphatic carbocycles. The van der Waals surface area contributed by atoms with Gasteiger partial charge in [-0.25, -0.2) is 13.4 Å². The summed E-state index contributed by atoms with van der Waals surface area (Å²) in [7, 11) is -3.62. The Bertz CT molecular complexity index is 1170. The Kier molecular flexibility index (Phi) is 9.36. The minimum Gasteiger partial charge on any atom is -0.494 e.